The molecule has 170 valence electrons. The lowest BCUT2D eigenvalue weighted by molar-refractivity contribution is 0.150. The minimum Gasteiger partial charge on any atom is -0.368 e. The third-order valence-corrected chi connectivity index (χ3v) is 6.79. The van der Waals surface area contributed by atoms with Gasteiger partial charge in [0.2, 0.25) is 0 Å². The van der Waals surface area contributed by atoms with Crippen LogP contribution in [0.15, 0.2) is 40.9 Å². The number of aromatic amines is 1. The summed E-state index contributed by atoms with van der Waals surface area (Å²) >= 11 is 0. The van der Waals surface area contributed by atoms with Gasteiger partial charge in [-0.15, -0.1) is 0 Å². The van der Waals surface area contributed by atoms with E-state index in [0.717, 1.165) is 80.1 Å². The fourth-order valence-electron chi connectivity index (χ4n) is 4.62. The van der Waals surface area contributed by atoms with Gasteiger partial charge in [-0.05, 0) is 62.1 Å². The summed E-state index contributed by atoms with van der Waals surface area (Å²) in [6.45, 7) is 5.30. The van der Waals surface area contributed by atoms with Crippen molar-refractivity contribution in [1.82, 2.24) is 30.8 Å². The molecule has 0 aromatic carbocycles. The molecule has 0 bridgehead atoms. The summed E-state index contributed by atoms with van der Waals surface area (Å²) in [6, 6.07) is 4.29. The zero-order chi connectivity index (χ0) is 21.9. The largest absolute Gasteiger partial charge is 0.368 e. The highest BCUT2D eigenvalue weighted by Crippen LogP contribution is 2.28. The van der Waals surface area contributed by atoms with E-state index in [4.69, 9.17) is 4.99 Å². The van der Waals surface area contributed by atoms with Crippen molar-refractivity contribution in [2.45, 2.75) is 51.5 Å². The van der Waals surface area contributed by atoms with Crippen LogP contribution in [0.1, 0.15) is 51.0 Å². The predicted molar refractivity (Wildman–Crippen MR) is 126 cm³/mol. The van der Waals surface area contributed by atoms with Crippen LogP contribution in [0.3, 0.4) is 0 Å². The second kappa shape index (κ2) is 9.22. The number of carbonyl (C=O) groups excluding carboxylic acids is 1. The maximum absolute atomic E-state index is 12.8. The Hall–Kier alpha value is -3.03. The average molecular weight is 436 g/mol. The van der Waals surface area contributed by atoms with Crippen LogP contribution in [0.4, 0.5) is 4.79 Å². The van der Waals surface area contributed by atoms with E-state index in [2.05, 4.69) is 38.9 Å². The Labute approximate surface area is 189 Å². The molecule has 2 aromatic heterocycles. The van der Waals surface area contributed by atoms with Crippen LogP contribution in [0, 0.1) is 5.92 Å². The summed E-state index contributed by atoms with van der Waals surface area (Å²) in [7, 11) is 0. The third kappa shape index (κ3) is 4.45. The molecule has 5 rings (SSSR count). The van der Waals surface area contributed by atoms with E-state index in [-0.39, 0.29) is 12.1 Å². The van der Waals surface area contributed by atoms with Crippen LogP contribution < -0.4 is 16.0 Å². The molecule has 1 aliphatic carbocycles. The van der Waals surface area contributed by atoms with Crippen LogP contribution in [-0.2, 0) is 0 Å². The van der Waals surface area contributed by atoms with Gasteiger partial charge in [-0.25, -0.2) is 14.8 Å². The standard InChI is InChI=1S/C24H33N7O/c1-2-17-13-26-23(20-15-28-22-19(20)7-5-10-25-22)30-21(17)27-14-18-6-3-4-11-31(18)24(32)29-12-16-8-9-16/h5,7,10,15-16,18,27H,2-4,6,8-9,11-14H2,1H3,(H,25,28)(H,26,30)(H,29,32)/t18-/m1/s1. The number of urea groups is 1. The Morgan fingerprint density at radius 2 is 2.16 bits per heavy atom. The van der Waals surface area contributed by atoms with Gasteiger partial charge in [0.05, 0.1) is 6.04 Å². The number of hydrogen-bond donors (Lipinski definition) is 4. The number of pyridine rings is 1. The number of aliphatic imine (C=N–C) groups is 1. The first-order valence-electron chi connectivity index (χ1n) is 12.0. The van der Waals surface area contributed by atoms with Crippen molar-refractivity contribution in [3.05, 3.63) is 41.5 Å². The van der Waals surface area contributed by atoms with Crippen molar-refractivity contribution in [1.29, 1.82) is 0 Å². The molecular formula is C24H33N7O. The molecule has 4 heterocycles. The van der Waals surface area contributed by atoms with Gasteiger partial charge >= 0.3 is 6.03 Å². The molecule has 2 aromatic rings. The Morgan fingerprint density at radius 1 is 1.25 bits per heavy atom. The zero-order valence-corrected chi connectivity index (χ0v) is 18.8. The van der Waals surface area contributed by atoms with E-state index in [1.54, 1.807) is 6.20 Å². The first kappa shape index (κ1) is 20.8. The molecule has 1 atom stereocenters. The fraction of sp³-hybridized carbons (Fsp3) is 0.542. The quantitative estimate of drug-likeness (QED) is 0.537. The number of carbonyl (C=O) groups is 1. The number of piperidine rings is 1. The maximum Gasteiger partial charge on any atom is 0.317 e. The van der Waals surface area contributed by atoms with Crippen molar-refractivity contribution in [3.8, 4) is 0 Å². The highest BCUT2D eigenvalue weighted by molar-refractivity contribution is 6.09. The van der Waals surface area contributed by atoms with E-state index in [9.17, 15) is 4.79 Å². The molecular weight excluding hydrogens is 402 g/mol. The second-order valence-corrected chi connectivity index (χ2v) is 9.07. The van der Waals surface area contributed by atoms with Gasteiger partial charge in [-0.2, -0.15) is 0 Å². The summed E-state index contributed by atoms with van der Waals surface area (Å²) in [5.74, 6) is 2.48. The van der Waals surface area contributed by atoms with Crippen molar-refractivity contribution in [3.63, 3.8) is 0 Å². The minimum atomic E-state index is 0.0916. The number of nitrogens with zero attached hydrogens (tertiary/aromatic N) is 3. The lowest BCUT2D eigenvalue weighted by Gasteiger charge is -2.36. The van der Waals surface area contributed by atoms with Crippen LogP contribution in [0.25, 0.3) is 11.0 Å². The molecule has 0 unspecified atom stereocenters. The number of likely N-dealkylation sites (tertiary alicyclic amines) is 1. The van der Waals surface area contributed by atoms with Crippen molar-refractivity contribution in [2.24, 2.45) is 10.9 Å². The van der Waals surface area contributed by atoms with E-state index >= 15 is 0 Å². The number of aromatic nitrogens is 2. The molecule has 4 N–H and O–H groups in total. The first-order chi connectivity index (χ1) is 15.7. The predicted octanol–water partition coefficient (Wildman–Crippen LogP) is 3.10. The Balaban J connectivity index is 1.30. The van der Waals surface area contributed by atoms with E-state index in [1.807, 2.05) is 17.2 Å². The van der Waals surface area contributed by atoms with Gasteiger partial charge in [-0.3, -0.25) is 0 Å². The Bertz CT molecular complexity index is 1040. The van der Waals surface area contributed by atoms with Crippen molar-refractivity contribution < 1.29 is 4.79 Å². The number of H-pyrrole nitrogens is 1. The van der Waals surface area contributed by atoms with Gasteiger partial charge in [0, 0.05) is 49.5 Å². The number of fused-ring (bicyclic) bond motifs is 1. The monoisotopic (exact) mass is 435 g/mol. The number of nitrogens with one attached hydrogen (secondary N) is 4. The van der Waals surface area contributed by atoms with E-state index in [0.29, 0.717) is 5.92 Å². The fourth-order valence-corrected chi connectivity index (χ4v) is 4.62. The molecule has 8 nitrogen and oxygen atoms in total. The van der Waals surface area contributed by atoms with Crippen LogP contribution in [0.5, 0.6) is 0 Å². The van der Waals surface area contributed by atoms with E-state index in [1.165, 1.54) is 18.4 Å². The minimum absolute atomic E-state index is 0.0916. The molecule has 3 aliphatic rings. The second-order valence-electron chi connectivity index (χ2n) is 9.07. The third-order valence-electron chi connectivity index (χ3n) is 6.79. The van der Waals surface area contributed by atoms with E-state index < -0.39 is 0 Å². The zero-order valence-electron chi connectivity index (χ0n) is 18.8. The lowest BCUT2D eigenvalue weighted by atomic mass is 10.0. The highest BCUT2D eigenvalue weighted by Gasteiger charge is 2.29. The summed E-state index contributed by atoms with van der Waals surface area (Å²) in [6.07, 6.45) is 10.5. The summed E-state index contributed by atoms with van der Waals surface area (Å²) in [5.41, 5.74) is 3.15. The van der Waals surface area contributed by atoms with Gasteiger partial charge in [0.15, 0.2) is 0 Å². The maximum atomic E-state index is 12.8. The van der Waals surface area contributed by atoms with Crippen molar-refractivity contribution >= 4 is 22.9 Å². The smallest absolute Gasteiger partial charge is 0.317 e. The average Bonchev–Trinajstić information content (AvgIpc) is 3.58. The van der Waals surface area contributed by atoms with Gasteiger partial charge in [0.1, 0.15) is 17.3 Å². The molecule has 1 saturated heterocycles. The van der Waals surface area contributed by atoms with Crippen LogP contribution >= 0.6 is 0 Å². The molecule has 8 heteroatoms. The van der Waals surface area contributed by atoms with Crippen LogP contribution in [0.2, 0.25) is 0 Å². The van der Waals surface area contributed by atoms with Crippen LogP contribution in [-0.4, -0.2) is 59.0 Å². The van der Waals surface area contributed by atoms with Gasteiger partial charge < -0.3 is 25.8 Å². The number of rotatable bonds is 7. The molecule has 2 aliphatic heterocycles. The Kier molecular flexibility index (Phi) is 6.01. The molecule has 2 fully saturated rings. The lowest BCUT2D eigenvalue weighted by Crippen LogP contribution is -2.52. The topological polar surface area (TPSA) is 97.4 Å². The number of amides is 2. The molecule has 32 heavy (non-hydrogen) atoms. The summed E-state index contributed by atoms with van der Waals surface area (Å²) in [4.78, 5) is 27.4. The number of amidine groups is 1. The molecule has 1 saturated carbocycles. The SMILES string of the molecule is CCC1=C(NC[C@H]2CCCCN2C(=O)NCC2CC2)N=C(c2c[nH]c3ncccc23)NC1. The summed E-state index contributed by atoms with van der Waals surface area (Å²) in [5, 5.41) is 11.3. The van der Waals surface area contributed by atoms with Gasteiger partial charge in [-0.1, -0.05) is 6.92 Å². The highest BCUT2D eigenvalue weighted by atomic mass is 16.2. The molecule has 2 amide bonds. The van der Waals surface area contributed by atoms with Gasteiger partial charge in [0.25, 0.3) is 0 Å². The summed E-state index contributed by atoms with van der Waals surface area (Å²) < 4.78 is 0. The normalized spacial score (nSPS) is 21.3. The Morgan fingerprint density at radius 3 is 3.00 bits per heavy atom. The number of hydrogen-bond acceptors (Lipinski definition) is 5. The first-order valence-corrected chi connectivity index (χ1v) is 12.0. The molecule has 0 spiro atoms. The molecule has 0 radical (unpaired) electrons. The van der Waals surface area contributed by atoms with Crippen molar-refractivity contribution in [2.75, 3.05) is 26.2 Å².